The third-order valence-electron chi connectivity index (χ3n) is 4.27. The number of hydrogen-bond acceptors (Lipinski definition) is 7. The largest absolute Gasteiger partial charge is 0.383 e. The highest BCUT2D eigenvalue weighted by Crippen LogP contribution is 2.24. The lowest BCUT2D eigenvalue weighted by atomic mass is 10.1. The predicted octanol–water partition coefficient (Wildman–Crippen LogP) is 2.49. The van der Waals surface area contributed by atoms with E-state index in [-0.39, 0.29) is 18.1 Å². The number of carbonyl (C=O) groups excluding carboxylic acids is 1. The molecule has 1 amide bonds. The van der Waals surface area contributed by atoms with Crippen molar-refractivity contribution in [2.75, 3.05) is 37.9 Å². The van der Waals surface area contributed by atoms with Gasteiger partial charge in [0.15, 0.2) is 10.8 Å². The number of anilines is 1. The van der Waals surface area contributed by atoms with Gasteiger partial charge in [-0.15, -0.1) is 0 Å². The molecule has 0 aliphatic carbocycles. The Morgan fingerprint density at radius 1 is 1.23 bits per heavy atom. The maximum Gasteiger partial charge on any atom is 0.224 e. The molecule has 0 saturated heterocycles. The molecule has 0 radical (unpaired) electrons. The minimum absolute atomic E-state index is 0.128. The summed E-state index contributed by atoms with van der Waals surface area (Å²) >= 11 is 1.56. The van der Waals surface area contributed by atoms with Gasteiger partial charge in [0, 0.05) is 20.2 Å². The third kappa shape index (κ3) is 5.90. The molecule has 0 atom stereocenters. The summed E-state index contributed by atoms with van der Waals surface area (Å²) in [6.45, 7) is 4.12. The Hall–Kier alpha value is -2.72. The fourth-order valence-electron chi connectivity index (χ4n) is 2.85. The summed E-state index contributed by atoms with van der Waals surface area (Å²) in [5.41, 5.74) is 1.48. The molecule has 0 aliphatic rings. The molecule has 0 spiro atoms. The second-order valence-electron chi connectivity index (χ2n) is 6.47. The molecule has 160 valence electrons. The molecule has 3 rings (SSSR count). The number of methoxy groups -OCH3 is 1. The van der Waals surface area contributed by atoms with Gasteiger partial charge < -0.3 is 15.4 Å². The molecule has 0 fully saturated rings. The second kappa shape index (κ2) is 10.9. The standard InChI is InChI=1S/C20H25FN6O2S/c1-3-30-20-25-18(23-9-11-29-2)16-13-24-27(19(16)26-20)10-8-22-17(28)12-14-4-6-15(21)7-5-14/h4-7,13H,3,8-12H2,1-2H3,(H,22,28)(H,23,25,26). The maximum absolute atomic E-state index is 13.0. The van der Waals surface area contributed by atoms with Crippen LogP contribution < -0.4 is 10.6 Å². The molecule has 0 aliphatic heterocycles. The number of carbonyl (C=O) groups is 1. The van der Waals surface area contributed by atoms with Crippen LogP contribution >= 0.6 is 11.8 Å². The Balaban J connectivity index is 1.65. The Morgan fingerprint density at radius 3 is 2.77 bits per heavy atom. The smallest absolute Gasteiger partial charge is 0.224 e. The summed E-state index contributed by atoms with van der Waals surface area (Å²) in [6, 6.07) is 5.92. The Kier molecular flexibility index (Phi) is 7.97. The van der Waals surface area contributed by atoms with E-state index in [0.717, 1.165) is 22.5 Å². The predicted molar refractivity (Wildman–Crippen MR) is 115 cm³/mol. The normalized spacial score (nSPS) is 11.0. The third-order valence-corrected chi connectivity index (χ3v) is 5.00. The van der Waals surface area contributed by atoms with Crippen molar-refractivity contribution >= 4 is 34.5 Å². The van der Waals surface area contributed by atoms with Crippen LogP contribution in [0.1, 0.15) is 12.5 Å². The average Bonchev–Trinajstić information content (AvgIpc) is 3.13. The summed E-state index contributed by atoms with van der Waals surface area (Å²) in [5, 5.41) is 12.1. The number of nitrogens with one attached hydrogen (secondary N) is 2. The summed E-state index contributed by atoms with van der Waals surface area (Å²) < 4.78 is 19.8. The zero-order chi connectivity index (χ0) is 21.3. The molecule has 30 heavy (non-hydrogen) atoms. The number of thioether (sulfide) groups is 1. The van der Waals surface area contributed by atoms with Crippen molar-refractivity contribution in [1.29, 1.82) is 0 Å². The van der Waals surface area contributed by atoms with E-state index in [9.17, 15) is 9.18 Å². The van der Waals surface area contributed by atoms with Crippen LogP contribution in [-0.4, -0.2) is 58.2 Å². The molecule has 3 aromatic rings. The molecule has 10 heteroatoms. The molecule has 2 heterocycles. The van der Waals surface area contributed by atoms with Crippen LogP contribution in [0.25, 0.3) is 11.0 Å². The van der Waals surface area contributed by atoms with Gasteiger partial charge in [0.2, 0.25) is 5.91 Å². The molecule has 2 N–H and O–H groups in total. The molecule has 0 unspecified atom stereocenters. The van der Waals surface area contributed by atoms with E-state index >= 15 is 0 Å². The number of rotatable bonds is 11. The summed E-state index contributed by atoms with van der Waals surface area (Å²) in [6.07, 6.45) is 1.93. The van der Waals surface area contributed by atoms with Gasteiger partial charge in [0.05, 0.1) is 31.2 Å². The van der Waals surface area contributed by atoms with Gasteiger partial charge in [-0.25, -0.2) is 19.0 Å². The van der Waals surface area contributed by atoms with E-state index in [1.54, 1.807) is 41.9 Å². The molecule has 0 saturated carbocycles. The van der Waals surface area contributed by atoms with Crippen LogP contribution in [0.5, 0.6) is 0 Å². The quantitative estimate of drug-likeness (QED) is 0.273. The second-order valence-corrected chi connectivity index (χ2v) is 7.70. The van der Waals surface area contributed by atoms with E-state index in [1.165, 1.54) is 12.1 Å². The first kappa shape index (κ1) is 22.0. The van der Waals surface area contributed by atoms with E-state index in [1.807, 2.05) is 6.92 Å². The lowest BCUT2D eigenvalue weighted by Crippen LogP contribution is -2.28. The van der Waals surface area contributed by atoms with Gasteiger partial charge in [-0.05, 0) is 23.4 Å². The van der Waals surface area contributed by atoms with E-state index in [4.69, 9.17) is 4.74 Å². The zero-order valence-corrected chi connectivity index (χ0v) is 17.8. The number of benzene rings is 1. The van der Waals surface area contributed by atoms with Gasteiger partial charge in [-0.2, -0.15) is 5.10 Å². The van der Waals surface area contributed by atoms with Crippen molar-refractivity contribution in [3.8, 4) is 0 Å². The van der Waals surface area contributed by atoms with E-state index in [0.29, 0.717) is 37.0 Å². The highest BCUT2D eigenvalue weighted by molar-refractivity contribution is 7.99. The Morgan fingerprint density at radius 2 is 2.03 bits per heavy atom. The van der Waals surface area contributed by atoms with Crippen LogP contribution in [0.3, 0.4) is 0 Å². The van der Waals surface area contributed by atoms with Gasteiger partial charge in [-0.3, -0.25) is 4.79 Å². The fraction of sp³-hybridized carbons (Fsp3) is 0.400. The van der Waals surface area contributed by atoms with Gasteiger partial charge in [0.25, 0.3) is 0 Å². The lowest BCUT2D eigenvalue weighted by molar-refractivity contribution is -0.120. The molecular weight excluding hydrogens is 407 g/mol. The van der Waals surface area contributed by atoms with Crippen LogP contribution in [0.15, 0.2) is 35.6 Å². The monoisotopic (exact) mass is 432 g/mol. The topological polar surface area (TPSA) is 94.0 Å². The molecule has 8 nitrogen and oxygen atoms in total. The minimum atomic E-state index is -0.316. The van der Waals surface area contributed by atoms with Gasteiger partial charge in [0.1, 0.15) is 11.6 Å². The van der Waals surface area contributed by atoms with Gasteiger partial charge in [-0.1, -0.05) is 30.8 Å². The number of ether oxygens (including phenoxy) is 1. The van der Waals surface area contributed by atoms with Crippen molar-refractivity contribution < 1.29 is 13.9 Å². The first-order valence-corrected chi connectivity index (χ1v) is 10.7. The van der Waals surface area contributed by atoms with E-state index in [2.05, 4.69) is 25.7 Å². The van der Waals surface area contributed by atoms with Crippen LogP contribution in [0.2, 0.25) is 0 Å². The maximum atomic E-state index is 13.0. The average molecular weight is 433 g/mol. The summed E-state index contributed by atoms with van der Waals surface area (Å²) in [7, 11) is 1.65. The fourth-order valence-corrected chi connectivity index (χ4v) is 3.42. The number of halogens is 1. The first-order chi connectivity index (χ1) is 14.6. The van der Waals surface area contributed by atoms with Crippen LogP contribution in [0, 0.1) is 5.82 Å². The number of nitrogens with zero attached hydrogens (tertiary/aromatic N) is 4. The van der Waals surface area contributed by atoms with Crippen LogP contribution in [0.4, 0.5) is 10.2 Å². The van der Waals surface area contributed by atoms with Crippen molar-refractivity contribution in [2.24, 2.45) is 0 Å². The molecular formula is C20H25FN6O2S. The van der Waals surface area contributed by atoms with Crippen molar-refractivity contribution in [3.63, 3.8) is 0 Å². The highest BCUT2D eigenvalue weighted by Gasteiger charge is 2.13. The van der Waals surface area contributed by atoms with Crippen molar-refractivity contribution in [3.05, 3.63) is 41.8 Å². The number of hydrogen-bond donors (Lipinski definition) is 2. The molecule has 2 aromatic heterocycles. The Bertz CT molecular complexity index is 979. The minimum Gasteiger partial charge on any atom is -0.383 e. The molecule has 0 bridgehead atoms. The number of amides is 1. The zero-order valence-electron chi connectivity index (χ0n) is 17.0. The SMILES string of the molecule is CCSc1nc(NCCOC)c2cnn(CCNC(=O)Cc3ccc(F)cc3)c2n1. The Labute approximate surface area is 178 Å². The van der Waals surface area contributed by atoms with E-state index < -0.39 is 0 Å². The lowest BCUT2D eigenvalue weighted by Gasteiger charge is -2.09. The van der Waals surface area contributed by atoms with Crippen molar-refractivity contribution in [1.82, 2.24) is 25.1 Å². The molecule has 1 aromatic carbocycles. The first-order valence-electron chi connectivity index (χ1n) is 9.71. The van der Waals surface area contributed by atoms with Crippen LogP contribution in [-0.2, 0) is 22.5 Å². The number of fused-ring (bicyclic) bond motifs is 1. The summed E-state index contributed by atoms with van der Waals surface area (Å²) in [4.78, 5) is 21.3. The highest BCUT2D eigenvalue weighted by atomic mass is 32.2. The van der Waals surface area contributed by atoms with Gasteiger partial charge >= 0.3 is 0 Å². The summed E-state index contributed by atoms with van der Waals surface area (Å²) in [5.74, 6) is 1.14. The number of aromatic nitrogens is 4. The van der Waals surface area contributed by atoms with Crippen molar-refractivity contribution in [2.45, 2.75) is 25.0 Å².